The average Bonchev–Trinajstić information content (AvgIpc) is 2.39. The molecule has 0 saturated carbocycles. The minimum Gasteiger partial charge on any atom is -0.289 e. The third-order valence-electron chi connectivity index (χ3n) is 2.28. The zero-order valence-corrected chi connectivity index (χ0v) is 8.76. The highest BCUT2D eigenvalue weighted by atomic mass is 16.1. The largest absolute Gasteiger partial charge is 0.289 e. The zero-order chi connectivity index (χ0) is 11.4. The van der Waals surface area contributed by atoms with Crippen LogP contribution >= 0.6 is 0 Å². The van der Waals surface area contributed by atoms with E-state index in [0.717, 1.165) is 0 Å². The molecule has 78 valence electrons. The van der Waals surface area contributed by atoms with Crippen LogP contribution in [0.2, 0.25) is 0 Å². The summed E-state index contributed by atoms with van der Waals surface area (Å²) in [6, 6.07) is 14.5. The van der Waals surface area contributed by atoms with E-state index in [9.17, 15) is 4.79 Å². The minimum atomic E-state index is -0.0840. The lowest BCUT2D eigenvalue weighted by molar-refractivity contribution is 0.105. The molecule has 0 aliphatic heterocycles. The van der Waals surface area contributed by atoms with Crippen LogP contribution in [0.5, 0.6) is 0 Å². The number of hydrogen-bond acceptors (Lipinski definition) is 2. The summed E-state index contributed by atoms with van der Waals surface area (Å²) in [7, 11) is 0. The first-order valence-electron chi connectivity index (χ1n) is 4.99. The topological polar surface area (TPSA) is 30.0 Å². The molecular formula is C14H11NO. The van der Waals surface area contributed by atoms with Crippen molar-refractivity contribution in [1.29, 1.82) is 0 Å². The lowest BCUT2D eigenvalue weighted by atomic mass is 10.0. The first kappa shape index (κ1) is 10.3. The Hall–Kier alpha value is -2.22. The summed E-state index contributed by atoms with van der Waals surface area (Å²) >= 11 is 0. The van der Waals surface area contributed by atoms with Crippen LogP contribution < -0.4 is 0 Å². The molecule has 0 aliphatic carbocycles. The molecule has 0 atom stereocenters. The fourth-order valence-corrected chi connectivity index (χ4v) is 1.42. The maximum atomic E-state index is 12.0. The smallest absolute Gasteiger partial charge is 0.194 e. The fraction of sp³-hybridized carbons (Fsp3) is 0. The number of pyridine rings is 1. The minimum absolute atomic E-state index is 0.0840. The number of carbonyl (C=O) groups is 1. The van der Waals surface area contributed by atoms with Gasteiger partial charge in [-0.1, -0.05) is 43.0 Å². The summed E-state index contributed by atoms with van der Waals surface area (Å²) in [4.78, 5) is 16.1. The first-order chi connectivity index (χ1) is 7.79. The van der Waals surface area contributed by atoms with Crippen molar-refractivity contribution >= 4 is 11.4 Å². The number of ketones is 1. The summed E-state index contributed by atoms with van der Waals surface area (Å²) < 4.78 is 0. The summed E-state index contributed by atoms with van der Waals surface area (Å²) in [5, 5.41) is 0. The van der Waals surface area contributed by atoms with Crippen LogP contribution in [-0.4, -0.2) is 10.8 Å². The van der Waals surface area contributed by atoms with Gasteiger partial charge in [0.05, 0.1) is 5.69 Å². The van der Waals surface area contributed by atoms with Gasteiger partial charge in [0.25, 0.3) is 0 Å². The van der Waals surface area contributed by atoms with E-state index < -0.39 is 0 Å². The van der Waals surface area contributed by atoms with Crippen LogP contribution in [-0.2, 0) is 0 Å². The predicted molar refractivity (Wildman–Crippen MR) is 64.0 cm³/mol. The monoisotopic (exact) mass is 209 g/mol. The number of aromatic nitrogens is 1. The maximum Gasteiger partial charge on any atom is 0.194 e. The molecule has 0 unspecified atom stereocenters. The predicted octanol–water partition coefficient (Wildman–Crippen LogP) is 2.98. The van der Waals surface area contributed by atoms with Crippen molar-refractivity contribution in [2.45, 2.75) is 0 Å². The molecule has 1 aromatic heterocycles. The third-order valence-corrected chi connectivity index (χ3v) is 2.28. The highest BCUT2D eigenvalue weighted by Crippen LogP contribution is 2.15. The van der Waals surface area contributed by atoms with Gasteiger partial charge in [-0.2, -0.15) is 0 Å². The fourth-order valence-electron chi connectivity index (χ4n) is 1.42. The number of benzene rings is 1. The molecule has 0 N–H and O–H groups in total. The molecule has 0 bridgehead atoms. The van der Waals surface area contributed by atoms with E-state index in [1.807, 2.05) is 30.3 Å². The highest BCUT2D eigenvalue weighted by Gasteiger charge is 2.11. The first-order valence-corrected chi connectivity index (χ1v) is 4.99. The molecule has 0 amide bonds. The number of hydrogen-bond donors (Lipinski definition) is 0. The Balaban J connectivity index is 2.28. The van der Waals surface area contributed by atoms with E-state index in [1.165, 1.54) is 0 Å². The molecule has 1 heterocycles. The molecule has 0 radical (unpaired) electrons. The van der Waals surface area contributed by atoms with E-state index >= 15 is 0 Å². The van der Waals surface area contributed by atoms with Crippen molar-refractivity contribution in [3.05, 3.63) is 72.6 Å². The highest BCUT2D eigenvalue weighted by molar-refractivity contribution is 6.27. The van der Waals surface area contributed by atoms with Crippen LogP contribution in [0, 0.1) is 0 Å². The van der Waals surface area contributed by atoms with E-state index in [4.69, 9.17) is 0 Å². The van der Waals surface area contributed by atoms with Crippen LogP contribution in [0.3, 0.4) is 0 Å². The average molecular weight is 209 g/mol. The number of rotatable bonds is 3. The van der Waals surface area contributed by atoms with Crippen LogP contribution in [0.4, 0.5) is 0 Å². The molecule has 0 fully saturated rings. The molecule has 1 aromatic carbocycles. The Morgan fingerprint density at radius 3 is 2.31 bits per heavy atom. The van der Waals surface area contributed by atoms with Gasteiger partial charge in [0.15, 0.2) is 5.78 Å². The normalized spacial score (nSPS) is 9.75. The Morgan fingerprint density at radius 1 is 1.00 bits per heavy atom. The molecule has 16 heavy (non-hydrogen) atoms. The summed E-state index contributed by atoms with van der Waals surface area (Å²) in [6.45, 7) is 3.79. The molecule has 0 saturated heterocycles. The van der Waals surface area contributed by atoms with Gasteiger partial charge < -0.3 is 0 Å². The molecule has 2 rings (SSSR count). The van der Waals surface area contributed by atoms with Gasteiger partial charge in [0, 0.05) is 17.3 Å². The van der Waals surface area contributed by atoms with Crippen molar-refractivity contribution < 1.29 is 4.79 Å². The number of allylic oxidation sites excluding steroid dienone is 1. The van der Waals surface area contributed by atoms with Crippen molar-refractivity contribution in [2.75, 3.05) is 0 Å². The second kappa shape index (κ2) is 4.53. The summed E-state index contributed by atoms with van der Waals surface area (Å²) in [6.07, 6.45) is 1.65. The van der Waals surface area contributed by atoms with Crippen molar-refractivity contribution in [3.8, 4) is 0 Å². The maximum absolute atomic E-state index is 12.0. The van der Waals surface area contributed by atoms with Gasteiger partial charge in [-0.25, -0.2) is 0 Å². The lowest BCUT2D eigenvalue weighted by Crippen LogP contribution is -2.02. The quantitative estimate of drug-likeness (QED) is 0.574. The summed E-state index contributed by atoms with van der Waals surface area (Å²) in [5.41, 5.74) is 1.68. The number of nitrogens with zero attached hydrogens (tertiary/aromatic N) is 1. The number of Topliss-reactive ketones (excluding diaryl/α,β-unsaturated/α-hetero) is 1. The summed E-state index contributed by atoms with van der Waals surface area (Å²) in [5.74, 6) is -0.0840. The standard InChI is InChI=1S/C14H11NO/c1-11(13-9-5-6-10-15-13)14(16)12-7-3-2-4-8-12/h2-10H,1H2. The lowest BCUT2D eigenvalue weighted by Gasteiger charge is -2.03. The van der Waals surface area contributed by atoms with E-state index in [-0.39, 0.29) is 5.78 Å². The van der Waals surface area contributed by atoms with Crippen LogP contribution in [0.15, 0.2) is 61.3 Å². The molecule has 2 nitrogen and oxygen atoms in total. The molecule has 0 aliphatic rings. The zero-order valence-electron chi connectivity index (χ0n) is 8.76. The van der Waals surface area contributed by atoms with Crippen LogP contribution in [0.25, 0.3) is 5.57 Å². The van der Waals surface area contributed by atoms with E-state index in [1.54, 1.807) is 24.4 Å². The van der Waals surface area contributed by atoms with E-state index in [2.05, 4.69) is 11.6 Å². The van der Waals surface area contributed by atoms with Crippen molar-refractivity contribution in [3.63, 3.8) is 0 Å². The SMILES string of the molecule is C=C(C(=O)c1ccccc1)c1ccccn1. The Bertz CT molecular complexity index is 453. The van der Waals surface area contributed by atoms with Gasteiger partial charge in [-0.15, -0.1) is 0 Å². The molecule has 2 heteroatoms. The second-order valence-corrected chi connectivity index (χ2v) is 3.39. The van der Waals surface area contributed by atoms with E-state index in [0.29, 0.717) is 16.8 Å². The van der Waals surface area contributed by atoms with Gasteiger partial charge >= 0.3 is 0 Å². The molecular weight excluding hydrogens is 198 g/mol. The third kappa shape index (κ3) is 2.06. The van der Waals surface area contributed by atoms with Crippen LogP contribution in [0.1, 0.15) is 16.1 Å². The van der Waals surface area contributed by atoms with Gasteiger partial charge in [-0.3, -0.25) is 9.78 Å². The van der Waals surface area contributed by atoms with Gasteiger partial charge in [0.1, 0.15) is 0 Å². The number of carbonyl (C=O) groups excluding carboxylic acids is 1. The van der Waals surface area contributed by atoms with Gasteiger partial charge in [0.2, 0.25) is 0 Å². The van der Waals surface area contributed by atoms with Crippen molar-refractivity contribution in [1.82, 2.24) is 4.98 Å². The van der Waals surface area contributed by atoms with Crippen molar-refractivity contribution in [2.24, 2.45) is 0 Å². The van der Waals surface area contributed by atoms with Gasteiger partial charge in [-0.05, 0) is 12.1 Å². The second-order valence-electron chi connectivity index (χ2n) is 3.39. The Kier molecular flexibility index (Phi) is 2.92. The Morgan fingerprint density at radius 2 is 1.69 bits per heavy atom. The molecule has 0 spiro atoms. The Labute approximate surface area is 94.3 Å². The molecule has 2 aromatic rings.